The molecule has 0 aliphatic heterocycles. The van der Waals surface area contributed by atoms with Crippen LogP contribution in [0.4, 0.5) is 0 Å². The van der Waals surface area contributed by atoms with Crippen LogP contribution in [0, 0.1) is 34.5 Å². The molecular formula is C20H34O3. The summed E-state index contributed by atoms with van der Waals surface area (Å²) in [7, 11) is 0. The topological polar surface area (TPSA) is 60.7 Å². The van der Waals surface area contributed by atoms with E-state index in [9.17, 15) is 15.3 Å². The summed E-state index contributed by atoms with van der Waals surface area (Å²) in [6.07, 6.45) is 6.63. The molecule has 0 heterocycles. The summed E-state index contributed by atoms with van der Waals surface area (Å²) in [5.74, 6) is 2.55. The van der Waals surface area contributed by atoms with Crippen LogP contribution in [0.2, 0.25) is 0 Å². The molecule has 0 amide bonds. The van der Waals surface area contributed by atoms with Gasteiger partial charge in [0.25, 0.3) is 0 Å². The van der Waals surface area contributed by atoms with Crippen molar-refractivity contribution in [1.82, 2.24) is 0 Å². The van der Waals surface area contributed by atoms with Gasteiger partial charge in [-0.25, -0.2) is 0 Å². The summed E-state index contributed by atoms with van der Waals surface area (Å²) in [4.78, 5) is 0. The van der Waals surface area contributed by atoms with E-state index in [1.165, 1.54) is 25.7 Å². The Morgan fingerprint density at radius 1 is 0.913 bits per heavy atom. The zero-order valence-corrected chi connectivity index (χ0v) is 15.0. The molecule has 0 spiro atoms. The van der Waals surface area contributed by atoms with E-state index in [0.29, 0.717) is 29.6 Å². The van der Waals surface area contributed by atoms with Crippen LogP contribution in [0.1, 0.15) is 72.1 Å². The lowest BCUT2D eigenvalue weighted by Crippen LogP contribution is -2.68. The highest BCUT2D eigenvalue weighted by Gasteiger charge is 2.66. The number of aliphatic hydroxyl groups excluding tert-OH is 2. The summed E-state index contributed by atoms with van der Waals surface area (Å²) in [6, 6.07) is 0. The van der Waals surface area contributed by atoms with E-state index in [1.54, 1.807) is 0 Å². The largest absolute Gasteiger partial charge is 0.393 e. The fourth-order valence-corrected chi connectivity index (χ4v) is 7.52. The first-order valence-electron chi connectivity index (χ1n) is 9.81. The van der Waals surface area contributed by atoms with E-state index >= 15 is 0 Å². The molecule has 0 bridgehead atoms. The third-order valence-corrected chi connectivity index (χ3v) is 9.31. The fraction of sp³-hybridized carbons (Fsp3) is 1.00. The van der Waals surface area contributed by atoms with Gasteiger partial charge in [-0.1, -0.05) is 20.8 Å². The van der Waals surface area contributed by atoms with Gasteiger partial charge in [-0.05, 0) is 74.0 Å². The third-order valence-electron chi connectivity index (χ3n) is 9.31. The van der Waals surface area contributed by atoms with Gasteiger partial charge in [0.1, 0.15) is 0 Å². The Morgan fingerprint density at radius 3 is 2.39 bits per heavy atom. The highest BCUT2D eigenvalue weighted by Crippen LogP contribution is 2.68. The number of rotatable bonds is 0. The number of hydrogen-bond acceptors (Lipinski definition) is 3. The van der Waals surface area contributed by atoms with Gasteiger partial charge in [-0.15, -0.1) is 0 Å². The summed E-state index contributed by atoms with van der Waals surface area (Å²) in [6.45, 7) is 7.10. The van der Waals surface area contributed by atoms with Crippen LogP contribution in [-0.2, 0) is 0 Å². The lowest BCUT2D eigenvalue weighted by molar-refractivity contribution is -0.264. The molecule has 4 rings (SSSR count). The molecule has 3 heteroatoms. The fourth-order valence-electron chi connectivity index (χ4n) is 7.52. The number of aliphatic hydroxyl groups is 3. The van der Waals surface area contributed by atoms with Crippen LogP contribution in [0.25, 0.3) is 0 Å². The van der Waals surface area contributed by atoms with Gasteiger partial charge in [-0.3, -0.25) is 0 Å². The highest BCUT2D eigenvalue weighted by molar-refractivity contribution is 5.16. The first-order valence-corrected chi connectivity index (χ1v) is 9.81. The molecule has 0 aromatic carbocycles. The van der Waals surface area contributed by atoms with E-state index in [1.807, 2.05) is 0 Å². The predicted octanol–water partition coefficient (Wildman–Crippen LogP) is 3.11. The maximum absolute atomic E-state index is 11.4. The molecule has 0 radical (unpaired) electrons. The molecule has 0 saturated heterocycles. The molecule has 3 unspecified atom stereocenters. The molecule has 4 aliphatic rings. The van der Waals surface area contributed by atoms with E-state index in [0.717, 1.165) is 25.2 Å². The van der Waals surface area contributed by atoms with Crippen molar-refractivity contribution in [2.24, 2.45) is 34.5 Å². The van der Waals surface area contributed by atoms with Crippen molar-refractivity contribution in [2.45, 2.75) is 89.9 Å². The second-order valence-electron chi connectivity index (χ2n) is 9.89. The third kappa shape index (κ3) is 1.93. The summed E-state index contributed by atoms with van der Waals surface area (Å²) >= 11 is 0. The quantitative estimate of drug-likeness (QED) is 0.642. The molecule has 4 fully saturated rings. The van der Waals surface area contributed by atoms with Crippen LogP contribution in [0.5, 0.6) is 0 Å². The Bertz CT molecular complexity index is 493. The standard InChI is InChI=1S/C20H34O3/c1-12-4-5-15-14-10-17(22)20(23)11-13(21)6-9-19(20,3)16(14)7-8-18(12,15)2/h12-17,21-23H,4-11H2,1-3H3/t12-,13-,14?,15?,16?,17-,18+,19+,20-/m0/s1. The van der Waals surface area contributed by atoms with Crippen molar-refractivity contribution in [3.8, 4) is 0 Å². The van der Waals surface area contributed by atoms with E-state index in [2.05, 4.69) is 20.8 Å². The predicted molar refractivity (Wildman–Crippen MR) is 89.7 cm³/mol. The van der Waals surface area contributed by atoms with Crippen LogP contribution in [-0.4, -0.2) is 33.1 Å². The summed E-state index contributed by atoms with van der Waals surface area (Å²) < 4.78 is 0. The van der Waals surface area contributed by atoms with Crippen molar-refractivity contribution in [1.29, 1.82) is 0 Å². The van der Waals surface area contributed by atoms with Gasteiger partial charge in [0, 0.05) is 11.8 Å². The SMILES string of the molecule is C[C@H]1CCC2C3C[C@H](O)[C@@]4(O)C[C@@H](O)CC[C@]4(C)C3CC[C@@]21C. The Labute approximate surface area is 140 Å². The Hall–Kier alpha value is -0.120. The molecular weight excluding hydrogens is 288 g/mol. The normalized spacial score (nSPS) is 62.3. The first-order chi connectivity index (χ1) is 10.7. The summed E-state index contributed by atoms with van der Waals surface area (Å²) in [5.41, 5.74) is -0.896. The zero-order valence-electron chi connectivity index (χ0n) is 15.0. The molecule has 0 aromatic rings. The Kier molecular flexibility index (Phi) is 3.52. The Morgan fingerprint density at radius 2 is 1.65 bits per heavy atom. The van der Waals surface area contributed by atoms with Crippen LogP contribution in [0.3, 0.4) is 0 Å². The zero-order chi connectivity index (χ0) is 16.6. The van der Waals surface area contributed by atoms with Gasteiger partial charge >= 0.3 is 0 Å². The maximum atomic E-state index is 11.4. The van der Waals surface area contributed by atoms with Gasteiger partial charge in [-0.2, -0.15) is 0 Å². The minimum Gasteiger partial charge on any atom is -0.393 e. The van der Waals surface area contributed by atoms with Crippen LogP contribution in [0.15, 0.2) is 0 Å². The average molecular weight is 322 g/mol. The van der Waals surface area contributed by atoms with Crippen molar-refractivity contribution < 1.29 is 15.3 Å². The molecule has 3 N–H and O–H groups in total. The molecule has 23 heavy (non-hydrogen) atoms. The van der Waals surface area contributed by atoms with Gasteiger partial charge in [0.2, 0.25) is 0 Å². The second-order valence-corrected chi connectivity index (χ2v) is 9.89. The maximum Gasteiger partial charge on any atom is 0.0985 e. The lowest BCUT2D eigenvalue weighted by Gasteiger charge is -2.65. The molecule has 132 valence electrons. The molecule has 3 nitrogen and oxygen atoms in total. The second kappa shape index (κ2) is 4.95. The minimum atomic E-state index is -1.09. The highest BCUT2D eigenvalue weighted by atomic mass is 16.3. The smallest absolute Gasteiger partial charge is 0.0985 e. The van der Waals surface area contributed by atoms with Crippen LogP contribution < -0.4 is 0 Å². The van der Waals surface area contributed by atoms with E-state index in [-0.39, 0.29) is 5.41 Å². The van der Waals surface area contributed by atoms with Crippen LogP contribution >= 0.6 is 0 Å². The summed E-state index contributed by atoms with van der Waals surface area (Å²) in [5, 5.41) is 32.4. The Balaban J connectivity index is 1.71. The van der Waals surface area contributed by atoms with Crippen molar-refractivity contribution in [3.05, 3.63) is 0 Å². The van der Waals surface area contributed by atoms with Gasteiger partial charge < -0.3 is 15.3 Å². The van der Waals surface area contributed by atoms with E-state index in [4.69, 9.17) is 0 Å². The van der Waals surface area contributed by atoms with E-state index < -0.39 is 17.8 Å². The van der Waals surface area contributed by atoms with Crippen molar-refractivity contribution in [3.63, 3.8) is 0 Å². The number of fused-ring (bicyclic) bond motifs is 5. The minimum absolute atomic E-state index is 0.234. The average Bonchev–Trinajstić information content (AvgIpc) is 2.79. The molecule has 4 aliphatic carbocycles. The van der Waals surface area contributed by atoms with Gasteiger partial charge in [0.15, 0.2) is 0 Å². The number of hydrogen-bond donors (Lipinski definition) is 3. The molecule has 9 atom stereocenters. The van der Waals surface area contributed by atoms with Gasteiger partial charge in [0.05, 0.1) is 17.8 Å². The van der Waals surface area contributed by atoms with Crippen molar-refractivity contribution >= 4 is 0 Å². The molecule has 0 aromatic heterocycles. The van der Waals surface area contributed by atoms with Crippen molar-refractivity contribution in [2.75, 3.05) is 0 Å². The lowest BCUT2D eigenvalue weighted by atomic mass is 9.42. The first kappa shape index (κ1) is 16.4. The molecule has 4 saturated carbocycles. The monoisotopic (exact) mass is 322 g/mol.